The first-order chi connectivity index (χ1) is 6.78. The SMILES string of the molecule is CCCC(C)(O)CNC(=O)C1CC1(C)C. The molecule has 0 aromatic rings. The molecule has 0 heterocycles. The molecule has 1 fully saturated rings. The third kappa shape index (κ3) is 3.49. The van der Waals surface area contributed by atoms with Gasteiger partial charge in [0, 0.05) is 12.5 Å². The Labute approximate surface area is 92.3 Å². The van der Waals surface area contributed by atoms with Gasteiger partial charge in [0.2, 0.25) is 5.91 Å². The summed E-state index contributed by atoms with van der Waals surface area (Å²) in [6.45, 7) is 8.37. The van der Waals surface area contributed by atoms with E-state index in [-0.39, 0.29) is 17.2 Å². The largest absolute Gasteiger partial charge is 0.388 e. The molecule has 1 rings (SSSR count). The van der Waals surface area contributed by atoms with Crippen molar-refractivity contribution in [3.63, 3.8) is 0 Å². The van der Waals surface area contributed by atoms with Gasteiger partial charge in [0.1, 0.15) is 0 Å². The van der Waals surface area contributed by atoms with Crippen molar-refractivity contribution in [3.05, 3.63) is 0 Å². The van der Waals surface area contributed by atoms with E-state index in [0.717, 1.165) is 19.3 Å². The van der Waals surface area contributed by atoms with Crippen LogP contribution in [-0.2, 0) is 4.79 Å². The van der Waals surface area contributed by atoms with Gasteiger partial charge in [-0.2, -0.15) is 0 Å². The average Bonchev–Trinajstić information content (AvgIpc) is 2.71. The summed E-state index contributed by atoms with van der Waals surface area (Å²) in [6.07, 6.45) is 2.62. The summed E-state index contributed by atoms with van der Waals surface area (Å²) in [5.41, 5.74) is -0.593. The molecular weight excluding hydrogens is 190 g/mol. The minimum absolute atomic E-state index is 0.0939. The van der Waals surface area contributed by atoms with E-state index in [4.69, 9.17) is 0 Å². The van der Waals surface area contributed by atoms with Gasteiger partial charge >= 0.3 is 0 Å². The van der Waals surface area contributed by atoms with Crippen LogP contribution in [0.15, 0.2) is 0 Å². The summed E-state index contributed by atoms with van der Waals surface area (Å²) in [5.74, 6) is 0.242. The van der Waals surface area contributed by atoms with Crippen LogP contribution >= 0.6 is 0 Å². The summed E-state index contributed by atoms with van der Waals surface area (Å²) in [7, 11) is 0. The Kier molecular flexibility index (Phi) is 3.44. The number of rotatable bonds is 5. The first-order valence-electron chi connectivity index (χ1n) is 5.78. The Balaban J connectivity index is 2.29. The number of carbonyl (C=O) groups is 1. The van der Waals surface area contributed by atoms with Gasteiger partial charge in [-0.3, -0.25) is 4.79 Å². The van der Waals surface area contributed by atoms with Gasteiger partial charge < -0.3 is 10.4 Å². The molecule has 15 heavy (non-hydrogen) atoms. The average molecular weight is 213 g/mol. The highest BCUT2D eigenvalue weighted by molar-refractivity contribution is 5.82. The Morgan fingerprint density at radius 2 is 2.13 bits per heavy atom. The molecule has 0 aromatic carbocycles. The Bertz CT molecular complexity index is 246. The lowest BCUT2D eigenvalue weighted by Crippen LogP contribution is -2.41. The van der Waals surface area contributed by atoms with E-state index in [2.05, 4.69) is 19.2 Å². The molecule has 1 aliphatic carbocycles. The van der Waals surface area contributed by atoms with Crippen LogP contribution in [-0.4, -0.2) is 23.2 Å². The Hall–Kier alpha value is -0.570. The van der Waals surface area contributed by atoms with Crippen molar-refractivity contribution in [2.75, 3.05) is 6.54 Å². The molecule has 1 aliphatic rings. The van der Waals surface area contributed by atoms with E-state index < -0.39 is 5.60 Å². The number of hydrogen-bond donors (Lipinski definition) is 2. The number of hydrogen-bond acceptors (Lipinski definition) is 2. The highest BCUT2D eigenvalue weighted by Gasteiger charge is 2.50. The molecule has 88 valence electrons. The van der Waals surface area contributed by atoms with Crippen LogP contribution in [0, 0.1) is 11.3 Å². The predicted molar refractivity (Wildman–Crippen MR) is 60.4 cm³/mol. The van der Waals surface area contributed by atoms with Gasteiger partial charge in [0.05, 0.1) is 5.60 Å². The molecule has 0 spiro atoms. The molecule has 0 aliphatic heterocycles. The monoisotopic (exact) mass is 213 g/mol. The molecule has 2 atom stereocenters. The smallest absolute Gasteiger partial charge is 0.223 e. The fourth-order valence-corrected chi connectivity index (χ4v) is 1.94. The van der Waals surface area contributed by atoms with E-state index in [9.17, 15) is 9.90 Å². The van der Waals surface area contributed by atoms with Crippen molar-refractivity contribution in [3.8, 4) is 0 Å². The molecule has 3 heteroatoms. The van der Waals surface area contributed by atoms with Crippen LogP contribution in [0.2, 0.25) is 0 Å². The summed E-state index contributed by atoms with van der Waals surface area (Å²) in [4.78, 5) is 11.6. The van der Waals surface area contributed by atoms with Crippen molar-refractivity contribution in [1.82, 2.24) is 5.32 Å². The Morgan fingerprint density at radius 3 is 2.53 bits per heavy atom. The fraction of sp³-hybridized carbons (Fsp3) is 0.917. The molecule has 0 radical (unpaired) electrons. The van der Waals surface area contributed by atoms with E-state index in [1.807, 2.05) is 6.92 Å². The van der Waals surface area contributed by atoms with Crippen LogP contribution in [0.1, 0.15) is 47.0 Å². The topological polar surface area (TPSA) is 49.3 Å². The van der Waals surface area contributed by atoms with Crippen molar-refractivity contribution in [2.24, 2.45) is 11.3 Å². The maximum atomic E-state index is 11.6. The van der Waals surface area contributed by atoms with Crippen LogP contribution in [0.4, 0.5) is 0 Å². The molecule has 3 nitrogen and oxygen atoms in total. The van der Waals surface area contributed by atoms with Gasteiger partial charge in [0.15, 0.2) is 0 Å². The number of nitrogens with one attached hydrogen (secondary N) is 1. The predicted octanol–water partition coefficient (Wildman–Crippen LogP) is 1.70. The van der Waals surface area contributed by atoms with Gasteiger partial charge in [-0.05, 0) is 25.2 Å². The zero-order valence-electron chi connectivity index (χ0n) is 10.3. The zero-order valence-corrected chi connectivity index (χ0v) is 10.3. The molecule has 1 saturated carbocycles. The van der Waals surface area contributed by atoms with Crippen molar-refractivity contribution >= 4 is 5.91 Å². The highest BCUT2D eigenvalue weighted by Crippen LogP contribution is 2.51. The van der Waals surface area contributed by atoms with E-state index in [0.29, 0.717) is 6.54 Å². The molecular formula is C12H23NO2. The molecule has 0 aromatic heterocycles. The summed E-state index contributed by atoms with van der Waals surface area (Å²) in [6, 6.07) is 0. The summed E-state index contributed by atoms with van der Waals surface area (Å²) in [5, 5.41) is 12.7. The highest BCUT2D eigenvalue weighted by atomic mass is 16.3. The van der Waals surface area contributed by atoms with E-state index >= 15 is 0 Å². The van der Waals surface area contributed by atoms with Gasteiger partial charge in [-0.1, -0.05) is 27.2 Å². The minimum atomic E-state index is -0.760. The van der Waals surface area contributed by atoms with Crippen LogP contribution < -0.4 is 5.32 Å². The van der Waals surface area contributed by atoms with Crippen molar-refractivity contribution in [1.29, 1.82) is 0 Å². The standard InChI is InChI=1S/C12H23NO2/c1-5-6-12(4,15)8-13-10(14)9-7-11(9,2)3/h9,15H,5-8H2,1-4H3,(H,13,14). The molecule has 2 N–H and O–H groups in total. The van der Waals surface area contributed by atoms with Crippen LogP contribution in [0.3, 0.4) is 0 Å². The van der Waals surface area contributed by atoms with Crippen LogP contribution in [0.5, 0.6) is 0 Å². The molecule has 0 bridgehead atoms. The summed E-state index contributed by atoms with van der Waals surface area (Å²) >= 11 is 0. The van der Waals surface area contributed by atoms with Gasteiger partial charge in [0.25, 0.3) is 0 Å². The number of amides is 1. The Morgan fingerprint density at radius 1 is 1.60 bits per heavy atom. The van der Waals surface area contributed by atoms with Crippen molar-refractivity contribution in [2.45, 2.75) is 52.6 Å². The second kappa shape index (κ2) is 4.12. The third-order valence-corrected chi connectivity index (χ3v) is 3.26. The fourth-order valence-electron chi connectivity index (χ4n) is 1.94. The summed E-state index contributed by atoms with van der Waals surface area (Å²) < 4.78 is 0. The van der Waals surface area contributed by atoms with Crippen LogP contribution in [0.25, 0.3) is 0 Å². The molecule has 2 unspecified atom stereocenters. The van der Waals surface area contributed by atoms with E-state index in [1.54, 1.807) is 6.92 Å². The maximum absolute atomic E-state index is 11.6. The lowest BCUT2D eigenvalue weighted by atomic mass is 10.0. The van der Waals surface area contributed by atoms with Crippen molar-refractivity contribution < 1.29 is 9.90 Å². The third-order valence-electron chi connectivity index (χ3n) is 3.26. The lowest BCUT2D eigenvalue weighted by Gasteiger charge is -2.23. The van der Waals surface area contributed by atoms with Gasteiger partial charge in [-0.25, -0.2) is 0 Å². The normalized spacial score (nSPS) is 26.9. The zero-order chi connectivity index (χ0) is 11.7. The number of carbonyl (C=O) groups excluding carboxylic acids is 1. The molecule has 1 amide bonds. The quantitative estimate of drug-likeness (QED) is 0.730. The second-order valence-corrected chi connectivity index (χ2v) is 5.71. The number of aliphatic hydroxyl groups is 1. The first-order valence-corrected chi connectivity index (χ1v) is 5.78. The minimum Gasteiger partial charge on any atom is -0.388 e. The second-order valence-electron chi connectivity index (χ2n) is 5.71. The van der Waals surface area contributed by atoms with Gasteiger partial charge in [-0.15, -0.1) is 0 Å². The maximum Gasteiger partial charge on any atom is 0.223 e. The first kappa shape index (κ1) is 12.5. The lowest BCUT2D eigenvalue weighted by molar-refractivity contribution is -0.124. The van der Waals surface area contributed by atoms with E-state index in [1.165, 1.54) is 0 Å². The molecule has 0 saturated heterocycles.